The van der Waals surface area contributed by atoms with Crippen LogP contribution in [0.1, 0.15) is 13.8 Å². The van der Waals surface area contributed by atoms with E-state index < -0.39 is 5.54 Å². The molecule has 0 aliphatic rings. The van der Waals surface area contributed by atoms with Gasteiger partial charge in [-0.1, -0.05) is 0 Å². The van der Waals surface area contributed by atoms with E-state index in [1.54, 1.807) is 13.8 Å². The van der Waals surface area contributed by atoms with E-state index >= 15 is 0 Å². The molecule has 1 heterocycles. The predicted octanol–water partition coefficient (Wildman–Crippen LogP) is 0.915. The van der Waals surface area contributed by atoms with Crippen molar-refractivity contribution >= 4 is 27.7 Å². The van der Waals surface area contributed by atoms with Crippen molar-refractivity contribution in [2.45, 2.75) is 19.4 Å². The fourth-order valence-corrected chi connectivity index (χ4v) is 0.859. The van der Waals surface area contributed by atoms with E-state index in [2.05, 4.69) is 31.2 Å². The summed E-state index contributed by atoms with van der Waals surface area (Å²) in [6, 6.07) is 0. The fraction of sp³-hybridized carbons (Fsp3) is 0.375. The van der Waals surface area contributed by atoms with E-state index in [1.807, 2.05) is 0 Å². The minimum absolute atomic E-state index is 0.297. The molecule has 0 atom stereocenters. The van der Waals surface area contributed by atoms with Gasteiger partial charge in [0.15, 0.2) is 5.82 Å². The zero-order chi connectivity index (χ0) is 10.8. The van der Waals surface area contributed by atoms with Gasteiger partial charge in [0.2, 0.25) is 5.91 Å². The van der Waals surface area contributed by atoms with E-state index in [0.717, 1.165) is 0 Å². The molecule has 0 saturated heterocycles. The summed E-state index contributed by atoms with van der Waals surface area (Å²) in [6.07, 6.45) is 2.95. The number of amides is 1. The summed E-state index contributed by atoms with van der Waals surface area (Å²) in [6.45, 7) is 3.24. The summed E-state index contributed by atoms with van der Waals surface area (Å²) in [5.41, 5.74) is 4.67. The lowest BCUT2D eigenvalue weighted by Gasteiger charge is -2.16. The third-order valence-corrected chi connectivity index (χ3v) is 1.86. The minimum atomic E-state index is -0.922. The minimum Gasteiger partial charge on any atom is -0.318 e. The molecule has 5 nitrogen and oxygen atoms in total. The number of nitrogens with two attached hydrogens (primary N) is 1. The molecule has 14 heavy (non-hydrogen) atoms. The maximum Gasteiger partial charge on any atom is 0.245 e. The highest BCUT2D eigenvalue weighted by Gasteiger charge is 2.22. The van der Waals surface area contributed by atoms with Gasteiger partial charge in [-0.3, -0.25) is 4.79 Å². The first-order valence-electron chi connectivity index (χ1n) is 3.97. The highest BCUT2D eigenvalue weighted by molar-refractivity contribution is 9.10. The van der Waals surface area contributed by atoms with Gasteiger partial charge in [0, 0.05) is 0 Å². The van der Waals surface area contributed by atoms with Gasteiger partial charge in [0.1, 0.15) is 4.60 Å². The first-order valence-corrected chi connectivity index (χ1v) is 4.77. The van der Waals surface area contributed by atoms with Gasteiger partial charge < -0.3 is 11.1 Å². The van der Waals surface area contributed by atoms with Crippen LogP contribution in [0.15, 0.2) is 17.0 Å². The maximum absolute atomic E-state index is 11.4. The Hall–Kier alpha value is -1.01. The maximum atomic E-state index is 11.4. The van der Waals surface area contributed by atoms with Crippen molar-refractivity contribution in [2.24, 2.45) is 5.73 Å². The Morgan fingerprint density at radius 2 is 2.14 bits per heavy atom. The van der Waals surface area contributed by atoms with Gasteiger partial charge in [0.25, 0.3) is 0 Å². The molecule has 1 rings (SSSR count). The Morgan fingerprint density at radius 3 is 2.57 bits per heavy atom. The van der Waals surface area contributed by atoms with E-state index in [1.165, 1.54) is 12.4 Å². The average molecular weight is 259 g/mol. The molecule has 0 aliphatic carbocycles. The number of nitrogens with one attached hydrogen (secondary N) is 1. The van der Waals surface area contributed by atoms with Crippen LogP contribution in [0.5, 0.6) is 0 Å². The Bertz CT molecular complexity index is 330. The largest absolute Gasteiger partial charge is 0.318 e. The van der Waals surface area contributed by atoms with Crippen LogP contribution in [0, 0.1) is 0 Å². The predicted molar refractivity (Wildman–Crippen MR) is 56.6 cm³/mol. The smallest absolute Gasteiger partial charge is 0.245 e. The van der Waals surface area contributed by atoms with E-state index in [4.69, 9.17) is 5.73 Å². The topological polar surface area (TPSA) is 80.9 Å². The number of carbonyl (C=O) groups is 1. The fourth-order valence-electron chi connectivity index (χ4n) is 0.654. The van der Waals surface area contributed by atoms with Crippen LogP contribution in [-0.4, -0.2) is 21.4 Å². The molecule has 0 unspecified atom stereocenters. The van der Waals surface area contributed by atoms with Crippen LogP contribution in [0.25, 0.3) is 0 Å². The van der Waals surface area contributed by atoms with Crippen LogP contribution >= 0.6 is 15.9 Å². The van der Waals surface area contributed by atoms with Crippen molar-refractivity contribution in [3.63, 3.8) is 0 Å². The van der Waals surface area contributed by atoms with Crippen molar-refractivity contribution in [3.8, 4) is 0 Å². The van der Waals surface area contributed by atoms with Crippen LogP contribution in [0.4, 0.5) is 5.82 Å². The Labute approximate surface area is 90.2 Å². The molecule has 1 aromatic rings. The molecular weight excluding hydrogens is 248 g/mol. The van der Waals surface area contributed by atoms with Crippen molar-refractivity contribution in [2.75, 3.05) is 5.32 Å². The molecule has 76 valence electrons. The molecule has 0 aliphatic heterocycles. The third-order valence-electron chi connectivity index (χ3n) is 1.45. The van der Waals surface area contributed by atoms with Crippen molar-refractivity contribution in [1.29, 1.82) is 0 Å². The number of nitrogens with zero attached hydrogens (tertiary/aromatic N) is 2. The molecule has 1 amide bonds. The zero-order valence-corrected chi connectivity index (χ0v) is 9.50. The number of hydrogen-bond acceptors (Lipinski definition) is 4. The van der Waals surface area contributed by atoms with Crippen LogP contribution < -0.4 is 11.1 Å². The summed E-state index contributed by atoms with van der Waals surface area (Å²) >= 11 is 3.14. The van der Waals surface area contributed by atoms with Gasteiger partial charge in [-0.05, 0) is 29.8 Å². The first-order chi connectivity index (χ1) is 6.39. The zero-order valence-electron chi connectivity index (χ0n) is 7.91. The number of rotatable bonds is 2. The second kappa shape index (κ2) is 4.02. The number of hydrogen-bond donors (Lipinski definition) is 2. The molecule has 3 N–H and O–H groups in total. The van der Waals surface area contributed by atoms with Gasteiger partial charge in [0.05, 0.1) is 17.9 Å². The first kappa shape index (κ1) is 11.1. The average Bonchev–Trinajstić information content (AvgIpc) is 2.07. The quantitative estimate of drug-likeness (QED) is 0.827. The summed E-state index contributed by atoms with van der Waals surface area (Å²) < 4.78 is 0.613. The van der Waals surface area contributed by atoms with Gasteiger partial charge >= 0.3 is 0 Å². The number of aromatic nitrogens is 2. The third kappa shape index (κ3) is 3.04. The molecule has 0 saturated carbocycles. The van der Waals surface area contributed by atoms with Crippen LogP contribution in [-0.2, 0) is 4.79 Å². The number of halogens is 1. The summed E-state index contributed by atoms with van der Waals surface area (Å²) in [7, 11) is 0. The van der Waals surface area contributed by atoms with Crippen LogP contribution in [0.3, 0.4) is 0 Å². The second-order valence-electron chi connectivity index (χ2n) is 3.40. The molecule has 0 aromatic carbocycles. The molecule has 0 bridgehead atoms. The molecule has 0 spiro atoms. The highest BCUT2D eigenvalue weighted by Crippen LogP contribution is 2.08. The Morgan fingerprint density at radius 1 is 1.50 bits per heavy atom. The SMILES string of the molecule is CC(C)(N)C(=O)Nc1cnc(Br)cn1. The lowest BCUT2D eigenvalue weighted by Crippen LogP contribution is -2.45. The summed E-state index contributed by atoms with van der Waals surface area (Å²) in [5.74, 6) is 0.0887. The van der Waals surface area contributed by atoms with E-state index in [9.17, 15) is 4.79 Å². The van der Waals surface area contributed by atoms with Gasteiger partial charge in [-0.2, -0.15) is 0 Å². The standard InChI is InChI=1S/C8H11BrN4O/c1-8(2,10)7(14)13-6-4-11-5(9)3-12-6/h3-4H,10H2,1-2H3,(H,12,13,14). The van der Waals surface area contributed by atoms with Crippen molar-refractivity contribution in [1.82, 2.24) is 9.97 Å². The van der Waals surface area contributed by atoms with E-state index in [-0.39, 0.29) is 5.91 Å². The molecular formula is C8H11BrN4O. The summed E-state index contributed by atoms with van der Waals surface area (Å²) in [5, 5.41) is 2.55. The molecule has 6 heteroatoms. The molecule has 1 aromatic heterocycles. The highest BCUT2D eigenvalue weighted by atomic mass is 79.9. The monoisotopic (exact) mass is 258 g/mol. The van der Waals surface area contributed by atoms with E-state index in [0.29, 0.717) is 10.4 Å². The van der Waals surface area contributed by atoms with Gasteiger partial charge in [-0.15, -0.1) is 0 Å². The lowest BCUT2D eigenvalue weighted by atomic mass is 10.1. The van der Waals surface area contributed by atoms with Crippen molar-refractivity contribution in [3.05, 3.63) is 17.0 Å². The molecule has 0 radical (unpaired) electrons. The van der Waals surface area contributed by atoms with Gasteiger partial charge in [-0.25, -0.2) is 9.97 Å². The second-order valence-corrected chi connectivity index (χ2v) is 4.21. The van der Waals surface area contributed by atoms with Crippen molar-refractivity contribution < 1.29 is 4.79 Å². The summed E-state index contributed by atoms with van der Waals surface area (Å²) in [4.78, 5) is 19.3. The Kier molecular flexibility index (Phi) is 3.17. The Balaban J connectivity index is 2.71. The number of carbonyl (C=O) groups excluding carboxylic acids is 1. The molecule has 0 fully saturated rings. The number of anilines is 1. The lowest BCUT2D eigenvalue weighted by molar-refractivity contribution is -0.120. The van der Waals surface area contributed by atoms with Crippen LogP contribution in [0.2, 0.25) is 0 Å². The normalized spacial score (nSPS) is 11.1.